The lowest BCUT2D eigenvalue weighted by Gasteiger charge is -2.38. The van der Waals surface area contributed by atoms with Crippen LogP contribution < -0.4 is 37.1 Å². The first kappa shape index (κ1) is 59.7. The van der Waals surface area contributed by atoms with Crippen molar-refractivity contribution >= 4 is 64.0 Å². The van der Waals surface area contributed by atoms with Gasteiger partial charge in [-0.05, 0) is 35.6 Å². The van der Waals surface area contributed by atoms with Crippen LogP contribution in [0.2, 0.25) is 0 Å². The molecular formula is C52H69N13O12S. The number of amides is 6. The number of methoxy groups -OCH3 is 1. The number of aromatic nitrogens is 6. The molecule has 4 heterocycles. The molecule has 0 saturated carbocycles. The summed E-state index contributed by atoms with van der Waals surface area (Å²) in [6, 6.07) is 13.5. The minimum Gasteiger partial charge on any atom is -0.494 e. The largest absolute Gasteiger partial charge is 0.494 e. The van der Waals surface area contributed by atoms with Crippen molar-refractivity contribution in [1.29, 1.82) is 0 Å². The summed E-state index contributed by atoms with van der Waals surface area (Å²) in [6.45, 7) is 8.21. The molecule has 2 aromatic carbocycles. The van der Waals surface area contributed by atoms with E-state index in [1.807, 2.05) is 52.0 Å². The fraction of sp³-hybridized carbons (Fsp3) is 0.481. The highest BCUT2D eigenvalue weighted by Gasteiger charge is 2.48. The summed E-state index contributed by atoms with van der Waals surface area (Å²) in [7, 11) is 4.67. The third kappa shape index (κ3) is 16.8. The van der Waals surface area contributed by atoms with E-state index in [1.165, 1.54) is 25.1 Å². The van der Waals surface area contributed by atoms with Crippen LogP contribution in [-0.2, 0) is 56.5 Å². The lowest BCUT2D eigenvalue weighted by Crippen LogP contribution is -2.53. The highest BCUT2D eigenvalue weighted by Crippen LogP contribution is 2.38. The number of hydrogen-bond acceptors (Lipinski definition) is 19. The molecular weight excluding hydrogens is 1030 g/mol. The van der Waals surface area contributed by atoms with Crippen molar-refractivity contribution in [1.82, 2.24) is 50.8 Å². The number of rotatable bonds is 29. The Bertz CT molecular complexity index is 2840. The minimum absolute atomic E-state index is 0.0124. The quantitative estimate of drug-likeness (QED) is 0.0338. The second-order valence-electron chi connectivity index (χ2n) is 19.2. The lowest BCUT2D eigenvalue weighted by atomic mass is 9.72. The van der Waals surface area contributed by atoms with E-state index in [0.29, 0.717) is 22.8 Å². The maximum atomic E-state index is 14.3. The van der Waals surface area contributed by atoms with E-state index in [0.717, 1.165) is 21.7 Å². The number of nitrogens with one attached hydrogen (secondary N) is 5. The van der Waals surface area contributed by atoms with Gasteiger partial charge in [-0.2, -0.15) is 5.10 Å². The third-order valence-corrected chi connectivity index (χ3v) is 13.4. The number of para-hydroxylation sites is 1. The Kier molecular flexibility index (Phi) is 22.0. The number of nitrogens with two attached hydrogens (primary N) is 1. The highest BCUT2D eigenvalue weighted by molar-refractivity contribution is 7.13. The molecule has 420 valence electrons. The topological polar surface area (TPSA) is 328 Å². The van der Waals surface area contributed by atoms with Crippen molar-refractivity contribution in [2.24, 2.45) is 30.0 Å². The number of β-amino-alcohol motifs (C(OH)–C–C–N with tert-alkyl or cyclic N) is 1. The van der Waals surface area contributed by atoms with Gasteiger partial charge in [0.25, 0.3) is 5.91 Å². The fourth-order valence-electron chi connectivity index (χ4n) is 8.60. The lowest BCUT2D eigenvalue weighted by molar-refractivity contribution is -0.151. The zero-order valence-corrected chi connectivity index (χ0v) is 45.6. The Morgan fingerprint density at radius 2 is 1.58 bits per heavy atom. The number of hydrogen-bond donors (Lipinski definition) is 7. The Morgan fingerprint density at radius 3 is 2.19 bits per heavy atom. The molecule has 6 rings (SSSR count). The molecule has 1 saturated heterocycles. The van der Waals surface area contributed by atoms with Crippen molar-refractivity contribution in [3.8, 4) is 27.6 Å². The fourth-order valence-corrected chi connectivity index (χ4v) is 9.41. The van der Waals surface area contributed by atoms with E-state index in [2.05, 4.69) is 51.8 Å². The summed E-state index contributed by atoms with van der Waals surface area (Å²) >= 11 is 1.55. The van der Waals surface area contributed by atoms with Crippen molar-refractivity contribution in [2.75, 3.05) is 90.7 Å². The molecule has 25 nitrogen and oxygen atoms in total. The number of benzene rings is 2. The van der Waals surface area contributed by atoms with Gasteiger partial charge >= 0.3 is 0 Å². The van der Waals surface area contributed by atoms with Gasteiger partial charge in [0.05, 0.1) is 117 Å². The maximum absolute atomic E-state index is 14.3. The van der Waals surface area contributed by atoms with Crippen molar-refractivity contribution in [3.63, 3.8) is 0 Å². The van der Waals surface area contributed by atoms with Gasteiger partial charge in [0, 0.05) is 46.1 Å². The Hall–Kier alpha value is -7.49. The summed E-state index contributed by atoms with van der Waals surface area (Å²) in [5, 5.41) is 36.6. The summed E-state index contributed by atoms with van der Waals surface area (Å²) < 4.78 is 29.7. The average Bonchev–Trinajstić information content (AvgIpc) is 4.24. The number of ether oxygens (including phenoxy) is 5. The van der Waals surface area contributed by atoms with Crippen molar-refractivity contribution in [2.45, 2.75) is 59.2 Å². The molecule has 3 aromatic heterocycles. The number of anilines is 3. The summed E-state index contributed by atoms with van der Waals surface area (Å²) in [4.78, 5) is 89.7. The molecule has 1 unspecified atom stereocenters. The first-order valence-electron chi connectivity index (χ1n) is 25.2. The Balaban J connectivity index is 0.845. The predicted molar refractivity (Wildman–Crippen MR) is 287 cm³/mol. The monoisotopic (exact) mass is 1100 g/mol. The smallest absolute Gasteiger partial charge is 0.273 e. The molecule has 4 atom stereocenters. The van der Waals surface area contributed by atoms with Crippen LogP contribution >= 0.6 is 11.3 Å². The van der Waals surface area contributed by atoms with Crippen LogP contribution in [0.4, 0.5) is 17.2 Å². The third-order valence-electron chi connectivity index (χ3n) is 12.4. The Labute approximate surface area is 455 Å². The van der Waals surface area contributed by atoms with Crippen molar-refractivity contribution < 1.29 is 57.6 Å². The second-order valence-corrected chi connectivity index (χ2v) is 20.1. The molecule has 8 N–H and O–H groups in total. The van der Waals surface area contributed by atoms with Crippen LogP contribution in [0.25, 0.3) is 21.8 Å². The molecule has 26 heteroatoms. The number of aliphatic hydroxyl groups is 1. The molecule has 0 aliphatic carbocycles. The zero-order valence-electron chi connectivity index (χ0n) is 44.8. The van der Waals surface area contributed by atoms with Crippen LogP contribution in [0.5, 0.6) is 5.75 Å². The molecule has 1 aliphatic rings. The number of aliphatic hydroxyl groups excluding tert-OH is 1. The van der Waals surface area contributed by atoms with Gasteiger partial charge in [-0.15, -0.1) is 21.5 Å². The second kappa shape index (κ2) is 28.8. The van der Waals surface area contributed by atoms with Gasteiger partial charge in [0.2, 0.25) is 29.5 Å². The molecule has 1 aliphatic heterocycles. The van der Waals surface area contributed by atoms with Gasteiger partial charge in [-0.3, -0.25) is 33.4 Å². The van der Waals surface area contributed by atoms with E-state index in [4.69, 9.17) is 29.4 Å². The number of likely N-dealkylation sites (tertiary alicyclic amines) is 1. The SMILES string of the molecule is CNC(=O)c1nnc(NC(=O)CNC(=O)CCOCCOCCOCCOCC(C(N)=O)[C@H](C(=O)N2C[C@H](O)C[C@H]2C(=O)NCc2ccc(-c3scnc3C)cc2)C(C)(C)C)cc1Nc1cccc(-c2ncn(C)n2)c1OC. The normalized spacial score (nSPS) is 15.1. The van der Waals surface area contributed by atoms with Crippen LogP contribution in [0.3, 0.4) is 0 Å². The summed E-state index contributed by atoms with van der Waals surface area (Å²) in [6.07, 6.45) is 0.657. The summed E-state index contributed by atoms with van der Waals surface area (Å²) in [5.41, 5.74) is 10.9. The van der Waals surface area contributed by atoms with E-state index in [-0.39, 0.29) is 103 Å². The van der Waals surface area contributed by atoms with Gasteiger partial charge in [0.1, 0.15) is 12.4 Å². The van der Waals surface area contributed by atoms with Crippen LogP contribution in [0.15, 0.2) is 60.4 Å². The molecule has 78 heavy (non-hydrogen) atoms. The summed E-state index contributed by atoms with van der Waals surface area (Å²) in [5.74, 6) is -4.33. The molecule has 1 fully saturated rings. The predicted octanol–water partition coefficient (Wildman–Crippen LogP) is 2.37. The minimum atomic E-state index is -1.04. The van der Waals surface area contributed by atoms with Crippen LogP contribution in [0.1, 0.15) is 55.4 Å². The number of carbonyl (C=O) groups excluding carboxylic acids is 6. The number of carbonyl (C=O) groups is 6. The molecule has 0 bridgehead atoms. The molecule has 5 aromatic rings. The van der Waals surface area contributed by atoms with E-state index in [9.17, 15) is 33.9 Å². The Morgan fingerprint density at radius 1 is 0.885 bits per heavy atom. The first-order chi connectivity index (χ1) is 37.4. The molecule has 6 amide bonds. The van der Waals surface area contributed by atoms with Gasteiger partial charge in [-0.1, -0.05) is 51.1 Å². The zero-order chi connectivity index (χ0) is 56.4. The van der Waals surface area contributed by atoms with E-state index < -0.39 is 64.8 Å². The first-order valence-corrected chi connectivity index (χ1v) is 26.1. The maximum Gasteiger partial charge on any atom is 0.273 e. The van der Waals surface area contributed by atoms with E-state index >= 15 is 0 Å². The molecule has 0 radical (unpaired) electrons. The van der Waals surface area contributed by atoms with E-state index in [1.54, 1.807) is 53.1 Å². The van der Waals surface area contributed by atoms with Gasteiger partial charge < -0.3 is 66.0 Å². The number of primary amides is 1. The number of thiazole rings is 1. The van der Waals surface area contributed by atoms with Crippen LogP contribution in [0, 0.1) is 24.2 Å². The molecule has 0 spiro atoms. The van der Waals surface area contributed by atoms with Gasteiger partial charge in [-0.25, -0.2) is 9.97 Å². The highest BCUT2D eigenvalue weighted by atomic mass is 32.1. The van der Waals surface area contributed by atoms with Crippen molar-refractivity contribution in [3.05, 3.63) is 77.3 Å². The van der Waals surface area contributed by atoms with Gasteiger partial charge in [0.15, 0.2) is 23.1 Å². The number of nitrogens with zero attached hydrogens (tertiary/aromatic N) is 7. The number of aryl methyl sites for hydroxylation is 2. The van der Waals surface area contributed by atoms with Crippen LogP contribution in [-0.4, -0.2) is 168 Å². The standard InChI is InChI=1S/C52H69N13O12S/c1-31-46(78-30-58-31)33-13-11-32(12-14-33)25-56-49(70)39-23-34(66)27-65(39)51(72)43(52(2,3)4)36(47(53)69)28-77-22-21-76-20-19-75-18-17-74-16-15-41(67)55-26-42(68)60-40-24-38(44(62-61-40)50(71)54-5)59-37-10-8-9-35(45(37)73-7)48-57-29-64(6)63-48/h8-14,24,29-30,34,36,39,43,66H,15-23,25-28H2,1-7H3,(H2,53,69)(H,54,71)(H,55,67)(H,56,70)(H2,59,60,61,68)/t34-,36?,39+,43-/m1/s1. The average molecular weight is 1100 g/mol.